The van der Waals surface area contributed by atoms with Crippen molar-refractivity contribution >= 4 is 23.5 Å². The summed E-state index contributed by atoms with van der Waals surface area (Å²) in [6, 6.07) is 5.57. The lowest BCUT2D eigenvalue weighted by molar-refractivity contribution is -0.138. The summed E-state index contributed by atoms with van der Waals surface area (Å²) in [5.74, 6) is -1.26. The van der Waals surface area contributed by atoms with Crippen molar-refractivity contribution < 1.29 is 24.2 Å². The molecular formula is C18H24N2O5. The van der Waals surface area contributed by atoms with Gasteiger partial charge >= 0.3 is 5.97 Å². The summed E-state index contributed by atoms with van der Waals surface area (Å²) in [4.78, 5) is 36.9. The van der Waals surface area contributed by atoms with Crippen LogP contribution in [0.15, 0.2) is 18.2 Å². The number of carboxylic acids is 1. The van der Waals surface area contributed by atoms with Crippen LogP contribution in [0.2, 0.25) is 0 Å². The van der Waals surface area contributed by atoms with Crippen LogP contribution < -0.4 is 15.0 Å². The van der Waals surface area contributed by atoms with Gasteiger partial charge in [-0.15, -0.1) is 0 Å². The molecule has 2 N–H and O–H groups in total. The zero-order valence-electron chi connectivity index (χ0n) is 14.7. The molecule has 25 heavy (non-hydrogen) atoms. The molecule has 1 aromatic carbocycles. The summed E-state index contributed by atoms with van der Waals surface area (Å²) in [5, 5.41) is 11.5. The first-order valence-electron chi connectivity index (χ1n) is 8.26. The van der Waals surface area contributed by atoms with Crippen molar-refractivity contribution in [3.63, 3.8) is 0 Å². The molecule has 1 aromatic rings. The van der Waals surface area contributed by atoms with E-state index < -0.39 is 11.9 Å². The fraction of sp³-hybridized carbons (Fsp3) is 0.500. The number of aryl methyl sites for hydroxylation is 1. The van der Waals surface area contributed by atoms with E-state index in [1.807, 2.05) is 19.1 Å². The number of anilines is 1. The number of aliphatic carboxylic acids is 1. The van der Waals surface area contributed by atoms with Crippen LogP contribution >= 0.6 is 0 Å². The monoisotopic (exact) mass is 348 g/mol. The average Bonchev–Trinajstić information content (AvgIpc) is 2.93. The number of rotatable bonds is 7. The minimum atomic E-state index is -0.893. The Labute approximate surface area is 147 Å². The molecule has 0 saturated carbocycles. The van der Waals surface area contributed by atoms with Crippen LogP contribution in [0.4, 0.5) is 5.69 Å². The second kappa shape index (κ2) is 8.00. The first kappa shape index (κ1) is 18.8. The Hall–Kier alpha value is -2.57. The van der Waals surface area contributed by atoms with Gasteiger partial charge in [-0.1, -0.05) is 13.0 Å². The van der Waals surface area contributed by atoms with Gasteiger partial charge < -0.3 is 20.1 Å². The number of benzene rings is 1. The number of carboxylic acid groups (broad SMARTS) is 1. The third-order valence-electron chi connectivity index (χ3n) is 4.27. The molecule has 0 bridgehead atoms. The molecule has 2 rings (SSSR count). The van der Waals surface area contributed by atoms with Crippen molar-refractivity contribution in [2.75, 3.05) is 25.1 Å². The molecule has 0 radical (unpaired) electrons. The van der Waals surface area contributed by atoms with Gasteiger partial charge in [0, 0.05) is 25.9 Å². The summed E-state index contributed by atoms with van der Waals surface area (Å²) in [6.45, 7) is 4.26. The van der Waals surface area contributed by atoms with Crippen molar-refractivity contribution in [1.29, 1.82) is 0 Å². The molecular weight excluding hydrogens is 324 g/mol. The van der Waals surface area contributed by atoms with Crippen molar-refractivity contribution in [2.24, 2.45) is 11.8 Å². The fourth-order valence-corrected chi connectivity index (χ4v) is 2.92. The second-order valence-corrected chi connectivity index (χ2v) is 6.53. The lowest BCUT2D eigenvalue weighted by Crippen LogP contribution is -2.35. The number of ether oxygens (including phenoxy) is 1. The Morgan fingerprint density at radius 3 is 2.80 bits per heavy atom. The van der Waals surface area contributed by atoms with Crippen LogP contribution in [-0.4, -0.2) is 43.1 Å². The van der Waals surface area contributed by atoms with E-state index in [1.165, 1.54) is 0 Å². The van der Waals surface area contributed by atoms with E-state index >= 15 is 0 Å². The lowest BCUT2D eigenvalue weighted by atomic mass is 10.1. The van der Waals surface area contributed by atoms with E-state index in [0.717, 1.165) is 5.56 Å². The van der Waals surface area contributed by atoms with E-state index in [0.29, 0.717) is 11.4 Å². The molecule has 0 spiro atoms. The van der Waals surface area contributed by atoms with Crippen molar-refractivity contribution in [2.45, 2.75) is 26.7 Å². The van der Waals surface area contributed by atoms with Gasteiger partial charge in [-0.05, 0) is 30.5 Å². The molecule has 1 aliphatic rings. The quantitative estimate of drug-likeness (QED) is 0.780. The first-order chi connectivity index (χ1) is 11.8. The molecule has 136 valence electrons. The minimum absolute atomic E-state index is 0.00348. The average molecular weight is 348 g/mol. The summed E-state index contributed by atoms with van der Waals surface area (Å²) in [7, 11) is 1.54. The second-order valence-electron chi connectivity index (χ2n) is 6.53. The molecule has 2 amide bonds. The summed E-state index contributed by atoms with van der Waals surface area (Å²) in [5.41, 5.74) is 1.67. The van der Waals surface area contributed by atoms with E-state index in [4.69, 9.17) is 9.84 Å². The van der Waals surface area contributed by atoms with Gasteiger partial charge in [0.2, 0.25) is 11.8 Å². The predicted molar refractivity (Wildman–Crippen MR) is 92.6 cm³/mol. The Morgan fingerprint density at radius 2 is 2.16 bits per heavy atom. The highest BCUT2D eigenvalue weighted by molar-refractivity contribution is 6.01. The van der Waals surface area contributed by atoms with Gasteiger partial charge in [0.05, 0.1) is 18.7 Å². The SMILES string of the molecule is COc1ccc(C)cc1N1CC(C(=O)NCC(C)CC(=O)O)CC1=O. The highest BCUT2D eigenvalue weighted by atomic mass is 16.5. The van der Waals surface area contributed by atoms with E-state index in [9.17, 15) is 14.4 Å². The molecule has 0 aliphatic carbocycles. The normalized spacial score (nSPS) is 18.1. The molecule has 2 unspecified atom stereocenters. The Morgan fingerprint density at radius 1 is 1.44 bits per heavy atom. The minimum Gasteiger partial charge on any atom is -0.495 e. The molecule has 1 heterocycles. The van der Waals surface area contributed by atoms with Crippen LogP contribution in [0, 0.1) is 18.8 Å². The van der Waals surface area contributed by atoms with Gasteiger partial charge in [0.25, 0.3) is 0 Å². The number of amides is 2. The van der Waals surface area contributed by atoms with Crippen LogP contribution in [0.5, 0.6) is 5.75 Å². The Kier molecular flexibility index (Phi) is 6.01. The maximum absolute atomic E-state index is 12.4. The van der Waals surface area contributed by atoms with E-state index in [2.05, 4.69) is 5.32 Å². The van der Waals surface area contributed by atoms with Crippen molar-refractivity contribution in [3.05, 3.63) is 23.8 Å². The zero-order chi connectivity index (χ0) is 18.6. The zero-order valence-corrected chi connectivity index (χ0v) is 14.7. The predicted octanol–water partition coefficient (Wildman–Crippen LogP) is 1.58. The molecule has 1 saturated heterocycles. The molecule has 7 nitrogen and oxygen atoms in total. The van der Waals surface area contributed by atoms with Crippen LogP contribution in [-0.2, 0) is 14.4 Å². The van der Waals surface area contributed by atoms with Gasteiger partial charge in [0.1, 0.15) is 5.75 Å². The summed E-state index contributed by atoms with van der Waals surface area (Å²) >= 11 is 0. The third kappa shape index (κ3) is 4.71. The highest BCUT2D eigenvalue weighted by Gasteiger charge is 2.36. The van der Waals surface area contributed by atoms with Gasteiger partial charge in [-0.2, -0.15) is 0 Å². The van der Waals surface area contributed by atoms with Gasteiger partial charge in [-0.25, -0.2) is 0 Å². The Bertz CT molecular complexity index is 673. The maximum Gasteiger partial charge on any atom is 0.303 e. The Balaban J connectivity index is 2.01. The number of hydrogen-bond acceptors (Lipinski definition) is 4. The summed E-state index contributed by atoms with van der Waals surface area (Å²) in [6.07, 6.45) is 0.132. The van der Waals surface area contributed by atoms with Crippen molar-refractivity contribution in [3.8, 4) is 5.75 Å². The number of carbonyl (C=O) groups excluding carboxylic acids is 2. The number of carbonyl (C=O) groups is 3. The molecule has 1 fully saturated rings. The molecule has 0 aromatic heterocycles. The van der Waals surface area contributed by atoms with Crippen LogP contribution in [0.1, 0.15) is 25.3 Å². The third-order valence-corrected chi connectivity index (χ3v) is 4.27. The van der Waals surface area contributed by atoms with Crippen LogP contribution in [0.25, 0.3) is 0 Å². The van der Waals surface area contributed by atoms with Crippen molar-refractivity contribution in [1.82, 2.24) is 5.32 Å². The topological polar surface area (TPSA) is 95.9 Å². The number of nitrogens with zero attached hydrogens (tertiary/aromatic N) is 1. The molecule has 2 atom stereocenters. The molecule has 7 heteroatoms. The highest BCUT2D eigenvalue weighted by Crippen LogP contribution is 2.33. The molecule has 1 aliphatic heterocycles. The number of hydrogen-bond donors (Lipinski definition) is 2. The van der Waals surface area contributed by atoms with E-state index in [1.54, 1.807) is 25.0 Å². The van der Waals surface area contributed by atoms with Gasteiger partial charge in [-0.3, -0.25) is 14.4 Å². The number of methoxy groups -OCH3 is 1. The fourth-order valence-electron chi connectivity index (χ4n) is 2.92. The largest absolute Gasteiger partial charge is 0.495 e. The standard InChI is InChI=1S/C18H24N2O5/c1-11-4-5-15(25-3)14(6-11)20-10-13(8-16(20)21)18(24)19-9-12(2)7-17(22)23/h4-6,12-13H,7-10H2,1-3H3,(H,19,24)(H,22,23). The first-order valence-corrected chi connectivity index (χ1v) is 8.26. The number of nitrogens with one attached hydrogen (secondary N) is 1. The van der Waals surface area contributed by atoms with E-state index in [-0.39, 0.29) is 43.7 Å². The van der Waals surface area contributed by atoms with Gasteiger partial charge in [0.15, 0.2) is 0 Å². The van der Waals surface area contributed by atoms with Crippen LogP contribution in [0.3, 0.4) is 0 Å². The maximum atomic E-state index is 12.4. The lowest BCUT2D eigenvalue weighted by Gasteiger charge is -2.20. The smallest absolute Gasteiger partial charge is 0.303 e. The summed E-state index contributed by atoms with van der Waals surface area (Å²) < 4.78 is 5.32.